The maximum atomic E-state index is 6.20. The minimum atomic E-state index is 0.351. The monoisotopic (exact) mass is 314 g/mol. The molecule has 0 amide bonds. The zero-order valence-electron chi connectivity index (χ0n) is 11.0. The van der Waals surface area contributed by atoms with Gasteiger partial charge in [0, 0.05) is 17.0 Å². The lowest BCUT2D eigenvalue weighted by atomic mass is 9.94. The van der Waals surface area contributed by atoms with E-state index in [0.717, 1.165) is 11.3 Å². The van der Waals surface area contributed by atoms with Crippen LogP contribution < -0.4 is 11.1 Å². The lowest BCUT2D eigenvalue weighted by Gasteiger charge is -2.32. The van der Waals surface area contributed by atoms with Gasteiger partial charge < -0.3 is 11.1 Å². The highest BCUT2D eigenvalue weighted by molar-refractivity contribution is 7.99. The SMILES string of the molecule is CSC1CCCCC1Nc1cccc(Cl)c1C(N)=S. The van der Waals surface area contributed by atoms with E-state index in [-0.39, 0.29) is 0 Å². The maximum absolute atomic E-state index is 6.20. The molecule has 0 spiro atoms. The molecule has 104 valence electrons. The molecule has 1 aromatic rings. The van der Waals surface area contributed by atoms with Crippen LogP contribution in [0.25, 0.3) is 0 Å². The number of nitrogens with two attached hydrogens (primary N) is 1. The van der Waals surface area contributed by atoms with Crippen LogP contribution in [0.4, 0.5) is 5.69 Å². The normalized spacial score (nSPS) is 23.1. The summed E-state index contributed by atoms with van der Waals surface area (Å²) in [6, 6.07) is 6.24. The van der Waals surface area contributed by atoms with Crippen LogP contribution in [0.3, 0.4) is 0 Å². The molecule has 1 aromatic carbocycles. The van der Waals surface area contributed by atoms with Gasteiger partial charge in [0.25, 0.3) is 0 Å². The van der Waals surface area contributed by atoms with Crippen molar-refractivity contribution >= 4 is 46.3 Å². The minimum absolute atomic E-state index is 0.351. The van der Waals surface area contributed by atoms with Gasteiger partial charge in [0.15, 0.2) is 0 Å². The van der Waals surface area contributed by atoms with Gasteiger partial charge in [-0.25, -0.2) is 0 Å². The number of thioether (sulfide) groups is 1. The van der Waals surface area contributed by atoms with Gasteiger partial charge in [0.2, 0.25) is 0 Å². The van der Waals surface area contributed by atoms with Crippen molar-refractivity contribution < 1.29 is 0 Å². The molecule has 19 heavy (non-hydrogen) atoms. The van der Waals surface area contributed by atoms with E-state index in [1.165, 1.54) is 25.7 Å². The molecule has 0 heterocycles. The molecule has 5 heteroatoms. The summed E-state index contributed by atoms with van der Waals surface area (Å²) < 4.78 is 0. The Balaban J connectivity index is 2.22. The lowest BCUT2D eigenvalue weighted by molar-refractivity contribution is 0.475. The zero-order valence-corrected chi connectivity index (χ0v) is 13.4. The third kappa shape index (κ3) is 3.56. The number of hydrogen-bond acceptors (Lipinski definition) is 3. The van der Waals surface area contributed by atoms with Gasteiger partial charge in [0.1, 0.15) is 4.99 Å². The van der Waals surface area contributed by atoms with E-state index in [0.29, 0.717) is 21.3 Å². The smallest absolute Gasteiger partial charge is 0.107 e. The summed E-state index contributed by atoms with van der Waals surface area (Å²) in [6.45, 7) is 0. The highest BCUT2D eigenvalue weighted by atomic mass is 35.5. The van der Waals surface area contributed by atoms with E-state index in [4.69, 9.17) is 29.6 Å². The molecule has 0 saturated heterocycles. The first kappa shape index (κ1) is 14.9. The highest BCUT2D eigenvalue weighted by Gasteiger charge is 2.25. The Morgan fingerprint density at radius 1 is 1.42 bits per heavy atom. The second-order valence-electron chi connectivity index (χ2n) is 4.84. The van der Waals surface area contributed by atoms with Crippen molar-refractivity contribution in [2.45, 2.75) is 37.0 Å². The molecule has 0 bridgehead atoms. The molecular formula is C14H19ClN2S2. The fraction of sp³-hybridized carbons (Fsp3) is 0.500. The van der Waals surface area contributed by atoms with Crippen molar-refractivity contribution in [3.8, 4) is 0 Å². The second-order valence-corrected chi connectivity index (χ2v) is 6.76. The van der Waals surface area contributed by atoms with Crippen LogP contribution in [-0.4, -0.2) is 22.5 Å². The van der Waals surface area contributed by atoms with Gasteiger partial charge in [-0.15, -0.1) is 0 Å². The average molecular weight is 315 g/mol. The standard InChI is InChI=1S/C14H19ClN2S2/c1-19-12-8-3-2-6-10(12)17-11-7-4-5-9(15)13(11)14(16)18/h4-5,7,10,12,17H,2-3,6,8H2,1H3,(H2,16,18). The summed E-state index contributed by atoms with van der Waals surface area (Å²) in [5.41, 5.74) is 7.52. The number of rotatable bonds is 4. The zero-order chi connectivity index (χ0) is 13.8. The lowest BCUT2D eigenvalue weighted by Crippen LogP contribution is -2.35. The third-order valence-corrected chi connectivity index (χ3v) is 5.30. The number of benzene rings is 1. The molecular weight excluding hydrogens is 296 g/mol. The number of halogens is 1. The van der Waals surface area contributed by atoms with Gasteiger partial charge in [-0.1, -0.05) is 42.7 Å². The number of nitrogens with one attached hydrogen (secondary N) is 1. The third-order valence-electron chi connectivity index (χ3n) is 3.61. The first-order chi connectivity index (χ1) is 9.13. The Bertz CT molecular complexity index is 465. The van der Waals surface area contributed by atoms with Gasteiger partial charge in [-0.3, -0.25) is 0 Å². The number of hydrogen-bond donors (Lipinski definition) is 2. The van der Waals surface area contributed by atoms with E-state index >= 15 is 0 Å². The summed E-state index contributed by atoms with van der Waals surface area (Å²) in [6.07, 6.45) is 7.23. The summed E-state index contributed by atoms with van der Waals surface area (Å²) >= 11 is 13.2. The van der Waals surface area contributed by atoms with Crippen LogP contribution in [-0.2, 0) is 0 Å². The summed E-state index contributed by atoms with van der Waals surface area (Å²) in [4.78, 5) is 0.351. The largest absolute Gasteiger partial charge is 0.389 e. The summed E-state index contributed by atoms with van der Waals surface area (Å²) in [5.74, 6) is 0. The fourth-order valence-corrected chi connectivity index (χ4v) is 4.13. The molecule has 2 rings (SSSR count). The van der Waals surface area contributed by atoms with Crippen LogP contribution in [0.5, 0.6) is 0 Å². The predicted octanol–water partition coefficient (Wildman–Crippen LogP) is 4.06. The van der Waals surface area contributed by atoms with E-state index < -0.39 is 0 Å². The molecule has 0 aromatic heterocycles. The molecule has 1 aliphatic rings. The topological polar surface area (TPSA) is 38.0 Å². The predicted molar refractivity (Wildman–Crippen MR) is 90.5 cm³/mol. The number of thiocarbonyl (C=S) groups is 1. The van der Waals surface area contributed by atoms with Crippen molar-refractivity contribution in [2.75, 3.05) is 11.6 Å². The first-order valence-electron chi connectivity index (χ1n) is 6.51. The summed E-state index contributed by atoms with van der Waals surface area (Å²) in [5, 5.41) is 4.86. The van der Waals surface area contributed by atoms with Crippen molar-refractivity contribution in [2.24, 2.45) is 5.73 Å². The van der Waals surface area contributed by atoms with Crippen LogP contribution in [0.1, 0.15) is 31.2 Å². The molecule has 2 atom stereocenters. The minimum Gasteiger partial charge on any atom is -0.389 e. The molecule has 0 aliphatic heterocycles. The molecule has 2 unspecified atom stereocenters. The van der Waals surface area contributed by atoms with Crippen LogP contribution in [0, 0.1) is 0 Å². The molecule has 1 aliphatic carbocycles. The van der Waals surface area contributed by atoms with E-state index in [2.05, 4.69) is 11.6 Å². The Kier molecular flexibility index (Phi) is 5.37. The van der Waals surface area contributed by atoms with Gasteiger partial charge in [-0.05, 0) is 31.2 Å². The van der Waals surface area contributed by atoms with Gasteiger partial charge >= 0.3 is 0 Å². The molecule has 3 N–H and O–H groups in total. The van der Waals surface area contributed by atoms with Crippen LogP contribution in [0.2, 0.25) is 5.02 Å². The molecule has 2 nitrogen and oxygen atoms in total. The fourth-order valence-electron chi connectivity index (χ4n) is 2.64. The van der Waals surface area contributed by atoms with E-state index in [9.17, 15) is 0 Å². The summed E-state index contributed by atoms with van der Waals surface area (Å²) in [7, 11) is 0. The Morgan fingerprint density at radius 2 is 2.16 bits per heavy atom. The van der Waals surface area contributed by atoms with Crippen LogP contribution >= 0.6 is 35.6 Å². The Hall–Kier alpha value is -0.450. The number of anilines is 1. The highest BCUT2D eigenvalue weighted by Crippen LogP contribution is 2.32. The maximum Gasteiger partial charge on any atom is 0.107 e. The van der Waals surface area contributed by atoms with Crippen molar-refractivity contribution in [1.82, 2.24) is 0 Å². The first-order valence-corrected chi connectivity index (χ1v) is 8.58. The molecule has 1 fully saturated rings. The van der Waals surface area contributed by atoms with Gasteiger partial charge in [0.05, 0.1) is 10.6 Å². The van der Waals surface area contributed by atoms with E-state index in [1.807, 2.05) is 30.0 Å². The van der Waals surface area contributed by atoms with Crippen molar-refractivity contribution in [1.29, 1.82) is 0 Å². The Labute approximate surface area is 129 Å². The van der Waals surface area contributed by atoms with Crippen LogP contribution in [0.15, 0.2) is 18.2 Å². The van der Waals surface area contributed by atoms with Crippen molar-refractivity contribution in [3.63, 3.8) is 0 Å². The Morgan fingerprint density at radius 3 is 2.84 bits per heavy atom. The second kappa shape index (κ2) is 6.82. The molecule has 0 radical (unpaired) electrons. The average Bonchev–Trinajstić information content (AvgIpc) is 2.39. The van der Waals surface area contributed by atoms with E-state index in [1.54, 1.807) is 0 Å². The quantitative estimate of drug-likeness (QED) is 0.822. The van der Waals surface area contributed by atoms with Crippen molar-refractivity contribution in [3.05, 3.63) is 28.8 Å². The molecule has 1 saturated carbocycles. The van der Waals surface area contributed by atoms with Gasteiger partial charge in [-0.2, -0.15) is 11.8 Å².